The molecule has 2 saturated heterocycles. The molecule has 0 spiro atoms. The Hall–Kier alpha value is -0.0900. The molecule has 0 bridgehead atoms. The van der Waals surface area contributed by atoms with Gasteiger partial charge in [-0.05, 0) is 26.3 Å². The number of alkyl halides is 1. The predicted molar refractivity (Wildman–Crippen MR) is 64.2 cm³/mol. The number of carbonyl (C=O) groups excluding carboxylic acids is 1. The van der Waals surface area contributed by atoms with Crippen molar-refractivity contribution in [3.8, 4) is 0 Å². The Morgan fingerprint density at radius 3 is 2.93 bits per heavy atom. The van der Waals surface area contributed by atoms with Gasteiger partial charge in [0.1, 0.15) is 0 Å². The highest BCUT2D eigenvalue weighted by molar-refractivity contribution is 9.09. The van der Waals surface area contributed by atoms with Crippen LogP contribution in [0.3, 0.4) is 0 Å². The van der Waals surface area contributed by atoms with Crippen molar-refractivity contribution in [3.63, 3.8) is 0 Å². The highest BCUT2D eigenvalue weighted by Gasteiger charge is 2.34. The van der Waals surface area contributed by atoms with Crippen LogP contribution in [0.1, 0.15) is 26.2 Å². The van der Waals surface area contributed by atoms with Crippen LogP contribution >= 0.6 is 15.9 Å². The molecule has 0 radical (unpaired) electrons. The molecule has 1 amide bonds. The van der Waals surface area contributed by atoms with Crippen molar-refractivity contribution < 1.29 is 4.79 Å². The van der Waals surface area contributed by atoms with Crippen molar-refractivity contribution in [2.24, 2.45) is 0 Å². The van der Waals surface area contributed by atoms with E-state index in [-0.39, 0.29) is 5.91 Å². The Balaban J connectivity index is 2.01. The third-order valence-electron chi connectivity index (χ3n) is 3.62. The minimum atomic E-state index is 0.243. The van der Waals surface area contributed by atoms with Gasteiger partial charge in [0.05, 0.1) is 5.33 Å². The van der Waals surface area contributed by atoms with E-state index in [1.165, 1.54) is 25.8 Å². The number of fused-ring (bicyclic) bond motifs is 1. The van der Waals surface area contributed by atoms with Gasteiger partial charge in [-0.15, -0.1) is 0 Å². The fourth-order valence-electron chi connectivity index (χ4n) is 2.78. The standard InChI is InChI=1S/C11H19BrN2O/c1-9-7-13-5-3-2-4-10(13)8-14(9)11(15)6-12/h9-10H,2-8H2,1H3. The van der Waals surface area contributed by atoms with Crippen molar-refractivity contribution in [2.75, 3.05) is 25.0 Å². The van der Waals surface area contributed by atoms with Gasteiger partial charge in [0, 0.05) is 25.2 Å². The summed E-state index contributed by atoms with van der Waals surface area (Å²) in [6, 6.07) is 1.00. The Labute approximate surface area is 99.9 Å². The molecule has 2 heterocycles. The van der Waals surface area contributed by atoms with Gasteiger partial charge in [-0.25, -0.2) is 0 Å². The number of carbonyl (C=O) groups is 1. The van der Waals surface area contributed by atoms with E-state index in [9.17, 15) is 4.79 Å². The van der Waals surface area contributed by atoms with Gasteiger partial charge in [-0.1, -0.05) is 22.4 Å². The second-order valence-electron chi connectivity index (χ2n) is 4.67. The Kier molecular flexibility index (Phi) is 3.67. The number of rotatable bonds is 1. The molecule has 0 aromatic carbocycles. The van der Waals surface area contributed by atoms with Crippen LogP contribution in [0.4, 0.5) is 0 Å². The van der Waals surface area contributed by atoms with Crippen LogP contribution in [0.25, 0.3) is 0 Å². The average molecular weight is 275 g/mol. The van der Waals surface area contributed by atoms with Crippen molar-refractivity contribution in [2.45, 2.75) is 38.3 Å². The first-order valence-electron chi connectivity index (χ1n) is 5.82. The zero-order valence-electron chi connectivity index (χ0n) is 9.29. The van der Waals surface area contributed by atoms with Crippen molar-refractivity contribution >= 4 is 21.8 Å². The van der Waals surface area contributed by atoms with Crippen molar-refractivity contribution in [3.05, 3.63) is 0 Å². The minimum Gasteiger partial charge on any atom is -0.336 e. The number of amides is 1. The van der Waals surface area contributed by atoms with E-state index in [2.05, 4.69) is 27.8 Å². The lowest BCUT2D eigenvalue weighted by molar-refractivity contribution is -0.135. The maximum Gasteiger partial charge on any atom is 0.233 e. The first-order chi connectivity index (χ1) is 7.22. The van der Waals surface area contributed by atoms with E-state index in [0.717, 1.165) is 13.1 Å². The summed E-state index contributed by atoms with van der Waals surface area (Å²) < 4.78 is 0. The van der Waals surface area contributed by atoms with Crippen LogP contribution in [0.15, 0.2) is 0 Å². The van der Waals surface area contributed by atoms with Crippen molar-refractivity contribution in [1.29, 1.82) is 0 Å². The average Bonchev–Trinajstić information content (AvgIpc) is 2.27. The summed E-state index contributed by atoms with van der Waals surface area (Å²) in [6.45, 7) is 5.38. The molecule has 3 nitrogen and oxygen atoms in total. The molecule has 2 fully saturated rings. The van der Waals surface area contributed by atoms with E-state index in [1.54, 1.807) is 0 Å². The van der Waals surface area contributed by atoms with Crippen LogP contribution in [0.5, 0.6) is 0 Å². The van der Waals surface area contributed by atoms with E-state index in [1.807, 2.05) is 4.90 Å². The molecule has 4 heteroatoms. The molecular weight excluding hydrogens is 256 g/mol. The van der Waals surface area contributed by atoms with Crippen LogP contribution < -0.4 is 0 Å². The minimum absolute atomic E-state index is 0.243. The molecule has 86 valence electrons. The third kappa shape index (κ3) is 2.36. The van der Waals surface area contributed by atoms with Gasteiger partial charge < -0.3 is 4.90 Å². The molecule has 2 aliphatic rings. The van der Waals surface area contributed by atoms with Gasteiger partial charge in [0.15, 0.2) is 0 Å². The highest BCUT2D eigenvalue weighted by Crippen LogP contribution is 2.24. The fourth-order valence-corrected chi connectivity index (χ4v) is 3.10. The summed E-state index contributed by atoms with van der Waals surface area (Å²) in [5, 5.41) is 0.462. The summed E-state index contributed by atoms with van der Waals surface area (Å²) in [5.74, 6) is 0.243. The number of nitrogens with zero attached hydrogens (tertiary/aromatic N) is 2. The molecule has 2 unspecified atom stereocenters. The van der Waals surface area contributed by atoms with Gasteiger partial charge in [-0.2, -0.15) is 0 Å². The topological polar surface area (TPSA) is 23.6 Å². The van der Waals surface area contributed by atoms with Gasteiger partial charge in [-0.3, -0.25) is 9.69 Å². The molecule has 15 heavy (non-hydrogen) atoms. The van der Waals surface area contributed by atoms with Crippen molar-refractivity contribution in [1.82, 2.24) is 9.80 Å². The molecular formula is C11H19BrN2O. The first-order valence-corrected chi connectivity index (χ1v) is 6.94. The Bertz CT molecular complexity index is 247. The second kappa shape index (κ2) is 4.83. The zero-order chi connectivity index (χ0) is 10.8. The molecule has 0 saturated carbocycles. The lowest BCUT2D eigenvalue weighted by Crippen LogP contribution is -2.60. The Morgan fingerprint density at radius 2 is 2.20 bits per heavy atom. The fraction of sp³-hybridized carbons (Fsp3) is 0.909. The quantitative estimate of drug-likeness (QED) is 0.677. The summed E-state index contributed by atoms with van der Waals surface area (Å²) in [7, 11) is 0. The van der Waals surface area contributed by atoms with Gasteiger partial charge in [0.25, 0.3) is 0 Å². The number of hydrogen-bond donors (Lipinski definition) is 0. The molecule has 0 N–H and O–H groups in total. The molecule has 2 aliphatic heterocycles. The number of piperazine rings is 1. The first kappa shape index (κ1) is 11.4. The van der Waals surface area contributed by atoms with Crippen LogP contribution in [-0.2, 0) is 4.79 Å². The molecule has 0 aromatic heterocycles. The number of hydrogen-bond acceptors (Lipinski definition) is 2. The smallest absolute Gasteiger partial charge is 0.233 e. The summed E-state index contributed by atoms with van der Waals surface area (Å²) in [6.07, 6.45) is 3.92. The lowest BCUT2D eigenvalue weighted by atomic mass is 9.97. The molecule has 2 rings (SSSR count). The van der Waals surface area contributed by atoms with E-state index >= 15 is 0 Å². The predicted octanol–water partition coefficient (Wildman–Crippen LogP) is 1.47. The maximum atomic E-state index is 11.7. The summed E-state index contributed by atoms with van der Waals surface area (Å²) >= 11 is 3.26. The Morgan fingerprint density at radius 1 is 1.40 bits per heavy atom. The van der Waals surface area contributed by atoms with Crippen LogP contribution in [-0.4, -0.2) is 52.8 Å². The highest BCUT2D eigenvalue weighted by atomic mass is 79.9. The summed E-state index contributed by atoms with van der Waals surface area (Å²) in [4.78, 5) is 16.3. The van der Waals surface area contributed by atoms with E-state index in [4.69, 9.17) is 0 Å². The third-order valence-corrected chi connectivity index (χ3v) is 4.10. The number of halogens is 1. The van der Waals surface area contributed by atoms with Crippen LogP contribution in [0, 0.1) is 0 Å². The molecule has 2 atom stereocenters. The monoisotopic (exact) mass is 274 g/mol. The zero-order valence-corrected chi connectivity index (χ0v) is 10.9. The van der Waals surface area contributed by atoms with Gasteiger partial charge in [0.2, 0.25) is 5.91 Å². The molecule has 0 aliphatic carbocycles. The van der Waals surface area contributed by atoms with E-state index < -0.39 is 0 Å². The van der Waals surface area contributed by atoms with E-state index in [0.29, 0.717) is 17.4 Å². The largest absolute Gasteiger partial charge is 0.336 e. The normalized spacial score (nSPS) is 32.5. The molecule has 0 aromatic rings. The maximum absolute atomic E-state index is 11.7. The lowest BCUT2D eigenvalue weighted by Gasteiger charge is -2.47. The van der Waals surface area contributed by atoms with Gasteiger partial charge >= 0.3 is 0 Å². The van der Waals surface area contributed by atoms with Crippen LogP contribution in [0.2, 0.25) is 0 Å². The summed E-state index contributed by atoms with van der Waals surface area (Å²) in [5.41, 5.74) is 0. The number of piperidine rings is 1. The SMILES string of the molecule is CC1CN2CCCCC2CN1C(=O)CBr. The second-order valence-corrected chi connectivity index (χ2v) is 5.23.